The van der Waals surface area contributed by atoms with Crippen molar-refractivity contribution in [2.75, 3.05) is 6.61 Å². The summed E-state index contributed by atoms with van der Waals surface area (Å²) in [5.74, 6) is 0.731. The Kier molecular flexibility index (Phi) is 4.23. The maximum absolute atomic E-state index is 12.3. The zero-order valence-corrected chi connectivity index (χ0v) is 11.7. The van der Waals surface area contributed by atoms with Crippen LogP contribution in [0.25, 0.3) is 0 Å². The summed E-state index contributed by atoms with van der Waals surface area (Å²) in [6.07, 6.45) is 0. The highest BCUT2D eigenvalue weighted by molar-refractivity contribution is 6.31. The smallest absolute Gasteiger partial charge is 0.193 e. The number of carbonyl (C=O) groups excluding carboxylic acids is 1. The molecule has 0 atom stereocenters. The fraction of sp³-hybridized carbons (Fsp3) is 0.188. The molecule has 2 aromatic rings. The Morgan fingerprint density at radius 1 is 1.11 bits per heavy atom. The van der Waals surface area contributed by atoms with E-state index in [2.05, 4.69) is 0 Å². The van der Waals surface area contributed by atoms with Crippen molar-refractivity contribution in [1.82, 2.24) is 0 Å². The van der Waals surface area contributed by atoms with Gasteiger partial charge in [-0.2, -0.15) is 0 Å². The SMILES string of the molecule is CCOc1ccc(C(=O)c2cc(C)cc(Cl)c2)cc1. The maximum atomic E-state index is 12.3. The Morgan fingerprint density at radius 2 is 1.79 bits per heavy atom. The normalized spacial score (nSPS) is 10.3. The number of rotatable bonds is 4. The summed E-state index contributed by atoms with van der Waals surface area (Å²) in [5.41, 5.74) is 2.21. The van der Waals surface area contributed by atoms with Crippen LogP contribution in [0.5, 0.6) is 5.75 Å². The van der Waals surface area contributed by atoms with Gasteiger partial charge in [-0.05, 0) is 61.9 Å². The van der Waals surface area contributed by atoms with Gasteiger partial charge in [0.1, 0.15) is 5.75 Å². The Morgan fingerprint density at radius 3 is 2.37 bits per heavy atom. The molecule has 0 saturated carbocycles. The number of aryl methyl sites for hydroxylation is 1. The van der Waals surface area contributed by atoms with Gasteiger partial charge in [0.25, 0.3) is 0 Å². The summed E-state index contributed by atoms with van der Waals surface area (Å²) in [7, 11) is 0. The molecular formula is C16H15ClO2. The molecule has 0 radical (unpaired) electrons. The highest BCUT2D eigenvalue weighted by Crippen LogP contribution is 2.19. The maximum Gasteiger partial charge on any atom is 0.193 e. The Labute approximate surface area is 118 Å². The van der Waals surface area contributed by atoms with Crippen LogP contribution < -0.4 is 4.74 Å². The van der Waals surface area contributed by atoms with Crippen LogP contribution in [-0.2, 0) is 0 Å². The first-order chi connectivity index (χ1) is 9.10. The minimum Gasteiger partial charge on any atom is -0.494 e. The van der Waals surface area contributed by atoms with E-state index in [1.807, 2.05) is 26.0 Å². The molecule has 0 bridgehead atoms. The quantitative estimate of drug-likeness (QED) is 0.778. The highest BCUT2D eigenvalue weighted by atomic mass is 35.5. The molecule has 0 unspecified atom stereocenters. The van der Waals surface area contributed by atoms with Crippen LogP contribution >= 0.6 is 11.6 Å². The van der Waals surface area contributed by atoms with Crippen LogP contribution in [-0.4, -0.2) is 12.4 Å². The van der Waals surface area contributed by atoms with E-state index in [1.54, 1.807) is 30.3 Å². The standard InChI is InChI=1S/C16H15ClO2/c1-3-19-15-6-4-12(5-7-15)16(18)13-8-11(2)9-14(17)10-13/h4-10H,3H2,1-2H3. The summed E-state index contributed by atoms with van der Waals surface area (Å²) in [6.45, 7) is 4.45. The number of hydrogen-bond acceptors (Lipinski definition) is 2. The molecule has 0 aromatic heterocycles. The lowest BCUT2D eigenvalue weighted by Crippen LogP contribution is -2.02. The van der Waals surface area contributed by atoms with Gasteiger partial charge in [0.15, 0.2) is 5.78 Å². The minimum atomic E-state index is -0.0337. The van der Waals surface area contributed by atoms with Gasteiger partial charge in [-0.3, -0.25) is 4.79 Å². The third-order valence-electron chi connectivity index (χ3n) is 2.73. The van der Waals surface area contributed by atoms with Gasteiger partial charge in [0.05, 0.1) is 6.61 Å². The van der Waals surface area contributed by atoms with Gasteiger partial charge in [-0.15, -0.1) is 0 Å². The van der Waals surface area contributed by atoms with E-state index >= 15 is 0 Å². The minimum absolute atomic E-state index is 0.0337. The van der Waals surface area contributed by atoms with Gasteiger partial charge in [-0.25, -0.2) is 0 Å². The Hall–Kier alpha value is -1.80. The molecule has 0 amide bonds. The molecule has 3 heteroatoms. The van der Waals surface area contributed by atoms with E-state index in [1.165, 1.54) is 0 Å². The van der Waals surface area contributed by atoms with Gasteiger partial charge < -0.3 is 4.74 Å². The molecule has 0 aliphatic carbocycles. The number of carbonyl (C=O) groups is 1. The van der Waals surface area contributed by atoms with Crippen LogP contribution in [0.2, 0.25) is 5.02 Å². The molecule has 2 rings (SSSR count). The monoisotopic (exact) mass is 274 g/mol. The summed E-state index contributed by atoms with van der Waals surface area (Å²) < 4.78 is 5.35. The summed E-state index contributed by atoms with van der Waals surface area (Å²) in [6, 6.07) is 12.5. The predicted octanol–water partition coefficient (Wildman–Crippen LogP) is 4.28. The van der Waals surface area contributed by atoms with Crippen molar-refractivity contribution in [2.24, 2.45) is 0 Å². The van der Waals surface area contributed by atoms with E-state index < -0.39 is 0 Å². The highest BCUT2D eigenvalue weighted by Gasteiger charge is 2.10. The topological polar surface area (TPSA) is 26.3 Å². The largest absolute Gasteiger partial charge is 0.494 e. The molecule has 98 valence electrons. The van der Waals surface area contributed by atoms with Crippen molar-refractivity contribution in [3.63, 3.8) is 0 Å². The van der Waals surface area contributed by atoms with Crippen molar-refractivity contribution in [2.45, 2.75) is 13.8 Å². The summed E-state index contributed by atoms with van der Waals surface area (Å²) >= 11 is 5.98. The second kappa shape index (κ2) is 5.89. The molecule has 0 aliphatic heterocycles. The van der Waals surface area contributed by atoms with Crippen molar-refractivity contribution < 1.29 is 9.53 Å². The lowest BCUT2D eigenvalue weighted by Gasteiger charge is -2.06. The van der Waals surface area contributed by atoms with Crippen molar-refractivity contribution in [1.29, 1.82) is 0 Å². The molecule has 0 fully saturated rings. The van der Waals surface area contributed by atoms with Gasteiger partial charge in [-0.1, -0.05) is 11.6 Å². The lowest BCUT2D eigenvalue weighted by molar-refractivity contribution is 0.103. The third-order valence-corrected chi connectivity index (χ3v) is 2.95. The van der Waals surface area contributed by atoms with Crippen LogP contribution in [0, 0.1) is 6.92 Å². The molecule has 0 N–H and O–H groups in total. The molecule has 19 heavy (non-hydrogen) atoms. The van der Waals surface area contributed by atoms with Crippen LogP contribution in [0.3, 0.4) is 0 Å². The molecule has 0 spiro atoms. The molecule has 2 aromatic carbocycles. The molecular weight excluding hydrogens is 260 g/mol. The lowest BCUT2D eigenvalue weighted by atomic mass is 10.0. The third kappa shape index (κ3) is 3.36. The fourth-order valence-electron chi connectivity index (χ4n) is 1.90. The van der Waals surface area contributed by atoms with E-state index in [9.17, 15) is 4.79 Å². The Balaban J connectivity index is 2.28. The average Bonchev–Trinajstić information content (AvgIpc) is 2.38. The summed E-state index contributed by atoms with van der Waals surface area (Å²) in [5, 5.41) is 0.578. The number of ketones is 1. The molecule has 0 heterocycles. The fourth-order valence-corrected chi connectivity index (χ4v) is 2.19. The van der Waals surface area contributed by atoms with E-state index in [0.29, 0.717) is 22.8 Å². The predicted molar refractivity (Wildman–Crippen MR) is 77.2 cm³/mol. The first-order valence-electron chi connectivity index (χ1n) is 6.15. The number of benzene rings is 2. The molecule has 0 saturated heterocycles. The second-order valence-corrected chi connectivity index (χ2v) is 4.74. The van der Waals surface area contributed by atoms with Crippen molar-refractivity contribution >= 4 is 17.4 Å². The van der Waals surface area contributed by atoms with Gasteiger partial charge in [0.2, 0.25) is 0 Å². The molecule has 2 nitrogen and oxygen atoms in total. The van der Waals surface area contributed by atoms with Crippen molar-refractivity contribution in [3.05, 3.63) is 64.2 Å². The average molecular weight is 275 g/mol. The Bertz CT molecular complexity index is 568. The second-order valence-electron chi connectivity index (χ2n) is 4.30. The van der Waals surface area contributed by atoms with E-state index in [4.69, 9.17) is 16.3 Å². The van der Waals surface area contributed by atoms with E-state index in [0.717, 1.165) is 11.3 Å². The van der Waals surface area contributed by atoms with Gasteiger partial charge >= 0.3 is 0 Å². The van der Waals surface area contributed by atoms with Crippen LogP contribution in [0.1, 0.15) is 28.4 Å². The van der Waals surface area contributed by atoms with Gasteiger partial charge in [0, 0.05) is 16.1 Å². The number of hydrogen-bond donors (Lipinski definition) is 0. The zero-order valence-electron chi connectivity index (χ0n) is 10.9. The first kappa shape index (κ1) is 13.6. The van der Waals surface area contributed by atoms with Crippen molar-refractivity contribution in [3.8, 4) is 5.75 Å². The summed E-state index contributed by atoms with van der Waals surface area (Å²) in [4.78, 5) is 12.3. The number of ether oxygens (including phenoxy) is 1. The van der Waals surface area contributed by atoms with E-state index in [-0.39, 0.29) is 5.78 Å². The van der Waals surface area contributed by atoms with Crippen LogP contribution in [0.15, 0.2) is 42.5 Å². The number of halogens is 1. The zero-order chi connectivity index (χ0) is 13.8. The van der Waals surface area contributed by atoms with Crippen LogP contribution in [0.4, 0.5) is 0 Å². The molecule has 0 aliphatic rings. The first-order valence-corrected chi connectivity index (χ1v) is 6.52.